The van der Waals surface area contributed by atoms with E-state index >= 15 is 0 Å². The van der Waals surface area contributed by atoms with Crippen LogP contribution >= 0.6 is 32.7 Å². The first-order chi connectivity index (χ1) is 40.3. The molecule has 5 aromatic carbocycles. The van der Waals surface area contributed by atoms with Gasteiger partial charge >= 0.3 is 6.09 Å². The summed E-state index contributed by atoms with van der Waals surface area (Å²) in [6, 6.07) is 24.7. The zero-order valence-electron chi connectivity index (χ0n) is 45.7. The quantitative estimate of drug-likeness (QED) is 0.00510. The van der Waals surface area contributed by atoms with Crippen LogP contribution in [0, 0.1) is 5.41 Å². The second-order valence-corrected chi connectivity index (χ2v) is 21.9. The summed E-state index contributed by atoms with van der Waals surface area (Å²) >= 11 is 13.0. The minimum absolute atomic E-state index is 0.0667. The highest BCUT2D eigenvalue weighted by Crippen LogP contribution is 2.48. The van der Waals surface area contributed by atoms with E-state index in [2.05, 4.69) is 40.6 Å². The van der Waals surface area contributed by atoms with Crippen molar-refractivity contribution in [1.82, 2.24) is 15.5 Å². The third-order valence-corrected chi connectivity index (χ3v) is 16.9. The van der Waals surface area contributed by atoms with E-state index in [0.717, 1.165) is 44.8 Å². The first-order valence-corrected chi connectivity index (χ1v) is 29.3. The fraction of sp³-hybridized carbons (Fsp3) is 0.383. The van der Waals surface area contributed by atoms with Crippen LogP contribution in [0.3, 0.4) is 0 Å². The van der Waals surface area contributed by atoms with E-state index in [4.69, 9.17) is 38.4 Å². The van der Waals surface area contributed by atoms with E-state index in [1.807, 2.05) is 54.6 Å². The van der Waals surface area contributed by atoms with Crippen molar-refractivity contribution in [3.8, 4) is 5.75 Å². The summed E-state index contributed by atoms with van der Waals surface area (Å²) in [4.78, 5) is 120. The Bertz CT molecular complexity index is 3340. The molecule has 4 atom stereocenters. The molecule has 0 saturated heterocycles. The van der Waals surface area contributed by atoms with Crippen molar-refractivity contribution in [3.05, 3.63) is 114 Å². The lowest BCUT2D eigenvalue weighted by molar-refractivity contribution is -0.151. The van der Waals surface area contributed by atoms with Crippen LogP contribution in [-0.2, 0) is 49.7 Å². The Kier molecular flexibility index (Phi) is 20.0. The maximum Gasteiger partial charge on any atom is 0.411 e. The predicted octanol–water partition coefficient (Wildman–Crippen LogP) is 8.62. The lowest BCUT2D eigenvalue weighted by atomic mass is 9.67. The molecule has 0 bridgehead atoms. The molecule has 8 amide bonds. The van der Waals surface area contributed by atoms with Crippen LogP contribution in [0.1, 0.15) is 99.2 Å². The molecule has 1 fully saturated rings. The number of carbonyl (C=O) groups excluding carboxylic acids is 8. The van der Waals surface area contributed by atoms with Crippen molar-refractivity contribution in [3.63, 3.8) is 0 Å². The maximum absolute atomic E-state index is 14.2. The summed E-state index contributed by atoms with van der Waals surface area (Å²) in [5, 5.41) is 14.9. The molecule has 0 radical (unpaired) electrons. The van der Waals surface area contributed by atoms with Gasteiger partial charge in [-0.15, -0.1) is 23.2 Å². The monoisotopic (exact) mass is 1190 g/mol. The average molecular weight is 1190 g/mol. The van der Waals surface area contributed by atoms with E-state index in [1.54, 1.807) is 40.1 Å². The van der Waals surface area contributed by atoms with Crippen molar-refractivity contribution in [2.24, 2.45) is 16.3 Å². The second kappa shape index (κ2) is 27.6. The Hall–Kier alpha value is -7.64. The van der Waals surface area contributed by atoms with E-state index < -0.39 is 35.3 Å². The molecule has 1 saturated carbocycles. The van der Waals surface area contributed by atoms with Gasteiger partial charge in [0, 0.05) is 110 Å². The van der Waals surface area contributed by atoms with Crippen molar-refractivity contribution in [2.75, 3.05) is 64.9 Å². The van der Waals surface area contributed by atoms with Gasteiger partial charge in [-0.3, -0.25) is 48.8 Å². The molecule has 6 N–H and O–H groups in total. The first-order valence-electron chi connectivity index (χ1n) is 27.8. The molecule has 5 aromatic rings. The van der Waals surface area contributed by atoms with Crippen LogP contribution in [0.15, 0.2) is 102 Å². The van der Waals surface area contributed by atoms with Gasteiger partial charge in [-0.05, 0) is 97.0 Å². The molecule has 3 heterocycles. The van der Waals surface area contributed by atoms with E-state index in [9.17, 15) is 38.4 Å². The Morgan fingerprint density at radius 1 is 0.747 bits per heavy atom. The number of nitrogens with one attached hydrogen (secondary N) is 4. The van der Waals surface area contributed by atoms with Gasteiger partial charge in [0.1, 0.15) is 23.8 Å². The van der Waals surface area contributed by atoms with Crippen LogP contribution in [0.25, 0.3) is 21.5 Å². The van der Waals surface area contributed by atoms with Crippen molar-refractivity contribution >= 4 is 131 Å². The lowest BCUT2D eigenvalue weighted by Crippen LogP contribution is -2.58. The van der Waals surface area contributed by atoms with E-state index in [1.165, 1.54) is 17.1 Å². The molecular formula is C60H66Cl2N9O11P. The minimum atomic E-state index is -1.34. The van der Waals surface area contributed by atoms with Gasteiger partial charge in [-0.25, -0.2) is 4.79 Å². The van der Waals surface area contributed by atoms with E-state index in [-0.39, 0.29) is 80.3 Å². The van der Waals surface area contributed by atoms with Crippen LogP contribution in [0.2, 0.25) is 0 Å². The number of hydrogen-bond donors (Lipinski definition) is 5. The Balaban J connectivity index is 0.789. The number of amides is 8. The summed E-state index contributed by atoms with van der Waals surface area (Å²) in [6.07, 6.45) is 6.96. The number of rotatable bonds is 26. The molecule has 0 spiro atoms. The third kappa shape index (κ3) is 13.4. The van der Waals surface area contributed by atoms with Crippen LogP contribution in [0.4, 0.5) is 27.5 Å². The number of alkyl halides is 2. The number of carbonyl (C=O) groups is 8. The normalized spacial score (nSPS) is 17.1. The Morgan fingerprint density at radius 3 is 1.96 bits per heavy atom. The van der Waals surface area contributed by atoms with Crippen LogP contribution in [-0.4, -0.2) is 109 Å². The highest BCUT2D eigenvalue weighted by Gasteiger charge is 2.51. The largest absolute Gasteiger partial charge is 0.480 e. The zero-order valence-corrected chi connectivity index (χ0v) is 48.3. The van der Waals surface area contributed by atoms with Gasteiger partial charge in [0.05, 0.1) is 20.8 Å². The van der Waals surface area contributed by atoms with Crippen LogP contribution < -0.4 is 41.5 Å². The molecule has 0 aromatic heterocycles. The molecule has 4 aliphatic rings. The van der Waals surface area contributed by atoms with Gasteiger partial charge in [0.15, 0.2) is 6.40 Å². The first kappa shape index (κ1) is 60.0. The van der Waals surface area contributed by atoms with Crippen LogP contribution in [0.5, 0.6) is 5.75 Å². The topological polar surface area (TPSA) is 260 Å². The standard InChI is InChI=1S/C60H66Cl2N9O11P/c61-31-38-33-70(50(72)16-8-17-51(73)71-34-39(32-62)55-44-14-5-3-12-42(44)49(82-83)30-48(55)71)47-29-46(41-11-2-4-13-43(41)54(38)47)68-59(79)80-35-37-18-20-40(21-19-37)66-56(76)45(15-9-26-64-36-81-63)67-58(78)60(24-10-25-60)57(77)65-27-6-1-7-28-69-52(74)22-23-53(69)75/h2-5,11-14,18-23,29-30,36,38-39,45H,1,6-10,15-17,24-28,31-35,63,83H2,(H,65,77)(H,66,76)(H,67,78)(H,68,79)/t38-,39-,45+/m1/s1. The fourth-order valence-corrected chi connectivity index (χ4v) is 12.1. The van der Waals surface area contributed by atoms with Gasteiger partial charge in [-0.1, -0.05) is 67.1 Å². The molecule has 83 heavy (non-hydrogen) atoms. The molecule has 436 valence electrons. The van der Waals surface area contributed by atoms with Crippen molar-refractivity contribution in [2.45, 2.75) is 95.1 Å². The van der Waals surface area contributed by atoms with Gasteiger partial charge in [-0.2, -0.15) is 5.90 Å². The second-order valence-electron chi connectivity index (χ2n) is 21.1. The smallest absolute Gasteiger partial charge is 0.411 e. The number of imide groups is 1. The SMILES string of the molecule is NOC=NCCC[C@H](NC(=O)C1(C(=O)NCCCCCN2C(=O)C=CC2=O)CCC1)C(=O)Nc1ccc(COC(=O)Nc2cc3c(c4ccccc24)[C@H](CCl)CN3C(=O)CCCC(=O)N2C[C@@H](CCl)c3c2cc(OP)c2ccccc32)cc1. The van der Waals surface area contributed by atoms with Gasteiger partial charge in [0.25, 0.3) is 11.8 Å². The average Bonchev–Trinajstić information content (AvgIpc) is 3.69. The molecule has 3 aliphatic heterocycles. The molecule has 1 unspecified atom stereocenters. The number of hydrogen-bond acceptors (Lipinski definition) is 13. The van der Waals surface area contributed by atoms with E-state index in [0.29, 0.717) is 105 Å². The maximum atomic E-state index is 14.2. The molecular weight excluding hydrogens is 1120 g/mol. The summed E-state index contributed by atoms with van der Waals surface area (Å²) in [5.74, 6) is 3.54. The summed E-state index contributed by atoms with van der Waals surface area (Å²) in [7, 11) is 2.28. The summed E-state index contributed by atoms with van der Waals surface area (Å²) < 4.78 is 11.3. The summed E-state index contributed by atoms with van der Waals surface area (Å²) in [6.45, 7) is 1.46. The third-order valence-electron chi connectivity index (χ3n) is 15.9. The number of unbranched alkanes of at least 4 members (excludes halogenated alkanes) is 2. The number of halogens is 2. The number of fused-ring (bicyclic) bond motifs is 6. The number of nitrogens with two attached hydrogens (primary N) is 1. The van der Waals surface area contributed by atoms with Gasteiger partial charge < -0.3 is 39.8 Å². The highest BCUT2D eigenvalue weighted by atomic mass is 35.5. The molecule has 23 heteroatoms. The van der Waals surface area contributed by atoms with Gasteiger partial charge in [0.2, 0.25) is 29.5 Å². The number of nitrogens with zero attached hydrogens (tertiary/aromatic N) is 4. The number of anilines is 4. The van der Waals surface area contributed by atoms with Crippen molar-refractivity contribution < 1.29 is 52.5 Å². The summed E-state index contributed by atoms with van der Waals surface area (Å²) in [5.41, 5.74) is 3.37. The fourth-order valence-electron chi connectivity index (χ4n) is 11.4. The highest BCUT2D eigenvalue weighted by molar-refractivity contribution is 7.10. The Morgan fingerprint density at radius 2 is 1.36 bits per heavy atom. The molecule has 1 aliphatic carbocycles. The lowest BCUT2D eigenvalue weighted by Gasteiger charge is -2.39. The minimum Gasteiger partial charge on any atom is -0.480 e. The molecule has 9 rings (SSSR count). The Labute approximate surface area is 492 Å². The number of aliphatic imine (C=N–C) groups is 1. The predicted molar refractivity (Wildman–Crippen MR) is 321 cm³/mol. The zero-order chi connectivity index (χ0) is 58.6. The number of ether oxygens (including phenoxy) is 1. The molecule has 20 nitrogen and oxygen atoms in total. The van der Waals surface area contributed by atoms with Crippen molar-refractivity contribution in [1.29, 1.82) is 0 Å². The number of benzene rings is 5.